The van der Waals surface area contributed by atoms with Crippen molar-refractivity contribution in [2.45, 2.75) is 84.0 Å². The Morgan fingerprint density at radius 3 is 1.87 bits per heavy atom. The fourth-order valence-corrected chi connectivity index (χ4v) is 6.89. The molecule has 0 spiro atoms. The summed E-state index contributed by atoms with van der Waals surface area (Å²) in [4.78, 5) is 12.9. The summed E-state index contributed by atoms with van der Waals surface area (Å²) in [6.45, 7) is 3.70. The first-order chi connectivity index (χ1) is 21.6. The molecule has 0 bridgehead atoms. The zero-order valence-corrected chi connectivity index (χ0v) is 25.5. The number of aryl methyl sites for hydroxylation is 1. The minimum atomic E-state index is -1.44. The average molecular weight is 633 g/mol. The first-order valence-electron chi connectivity index (χ1n) is 15.9. The number of hydrogen-bond acceptors (Lipinski definition) is 3. The Hall–Kier alpha value is -3.49. The van der Waals surface area contributed by atoms with Gasteiger partial charge >= 0.3 is 5.97 Å². The first kappa shape index (κ1) is 32.9. The zero-order valence-electron chi connectivity index (χ0n) is 25.5. The molecule has 2 fully saturated rings. The van der Waals surface area contributed by atoms with Gasteiger partial charge in [0, 0.05) is 11.1 Å². The molecule has 5 rings (SSSR count). The van der Waals surface area contributed by atoms with Crippen LogP contribution in [-0.2, 0) is 4.79 Å². The van der Waals surface area contributed by atoms with Crippen LogP contribution in [0.4, 0.5) is 26.3 Å². The van der Waals surface area contributed by atoms with Crippen LogP contribution >= 0.6 is 0 Å². The number of unbranched alkanes of at least 4 members (excludes halogenated alkanes) is 1. The molecule has 3 nitrogen and oxygen atoms in total. The van der Waals surface area contributed by atoms with Gasteiger partial charge in [0.15, 0.2) is 34.8 Å². The lowest BCUT2D eigenvalue weighted by atomic mass is 9.68. The fraction of sp³-hybridized carbons (Fsp3) is 0.472. The Morgan fingerprint density at radius 1 is 0.667 bits per heavy atom. The molecule has 3 aromatic carbocycles. The molecule has 2 saturated carbocycles. The number of ether oxygens (including phenoxy) is 2. The molecule has 3 aromatic rings. The van der Waals surface area contributed by atoms with Gasteiger partial charge in [0.2, 0.25) is 11.6 Å². The molecular formula is C36H38F6O3. The van der Waals surface area contributed by atoms with Crippen molar-refractivity contribution in [1.29, 1.82) is 0 Å². The van der Waals surface area contributed by atoms with Crippen molar-refractivity contribution < 1.29 is 40.6 Å². The predicted octanol–water partition coefficient (Wildman–Crippen LogP) is 10.4. The highest BCUT2D eigenvalue weighted by molar-refractivity contribution is 5.76. The molecule has 0 N–H and O–H groups in total. The number of carbonyl (C=O) groups is 1. The molecule has 0 heterocycles. The summed E-state index contributed by atoms with van der Waals surface area (Å²) in [6.07, 6.45) is 7.55. The van der Waals surface area contributed by atoms with E-state index in [-0.39, 0.29) is 17.2 Å². The first-order valence-corrected chi connectivity index (χ1v) is 15.9. The second-order valence-corrected chi connectivity index (χ2v) is 12.4. The van der Waals surface area contributed by atoms with E-state index in [1.807, 2.05) is 6.92 Å². The van der Waals surface area contributed by atoms with Crippen molar-refractivity contribution >= 4 is 5.97 Å². The van der Waals surface area contributed by atoms with Gasteiger partial charge in [-0.1, -0.05) is 31.5 Å². The maximum absolute atomic E-state index is 14.9. The van der Waals surface area contributed by atoms with Crippen LogP contribution < -0.4 is 9.47 Å². The normalized spacial score (nSPS) is 21.9. The Kier molecular flexibility index (Phi) is 10.4. The Balaban J connectivity index is 1.13. The van der Waals surface area contributed by atoms with Crippen molar-refractivity contribution in [3.63, 3.8) is 0 Å². The van der Waals surface area contributed by atoms with Gasteiger partial charge in [-0.3, -0.25) is 4.79 Å². The highest BCUT2D eigenvalue weighted by Gasteiger charge is 2.35. The van der Waals surface area contributed by atoms with Crippen molar-refractivity contribution in [2.24, 2.45) is 17.8 Å². The average Bonchev–Trinajstić information content (AvgIpc) is 3.05. The van der Waals surface area contributed by atoms with E-state index in [1.54, 1.807) is 6.07 Å². The molecular weight excluding hydrogens is 594 g/mol. The summed E-state index contributed by atoms with van der Waals surface area (Å²) in [5.74, 6) is -8.10. The van der Waals surface area contributed by atoms with E-state index >= 15 is 0 Å². The van der Waals surface area contributed by atoms with Gasteiger partial charge in [-0.2, -0.15) is 8.78 Å². The largest absolute Gasteiger partial charge is 0.490 e. The summed E-state index contributed by atoms with van der Waals surface area (Å²) >= 11 is 0. The van der Waals surface area contributed by atoms with Crippen molar-refractivity contribution in [3.05, 3.63) is 82.4 Å². The Bertz CT molecular complexity index is 1520. The molecule has 0 atom stereocenters. The highest BCUT2D eigenvalue weighted by Crippen LogP contribution is 2.45. The van der Waals surface area contributed by atoms with E-state index in [1.165, 1.54) is 25.1 Å². The number of hydrogen-bond donors (Lipinski definition) is 0. The van der Waals surface area contributed by atoms with Gasteiger partial charge in [0.1, 0.15) is 0 Å². The lowest BCUT2D eigenvalue weighted by Crippen LogP contribution is -2.30. The van der Waals surface area contributed by atoms with Gasteiger partial charge in [-0.25, -0.2) is 17.6 Å². The molecule has 2 aliphatic carbocycles. The number of halogens is 6. The second-order valence-electron chi connectivity index (χ2n) is 12.4. The molecule has 9 heteroatoms. The molecule has 242 valence electrons. The van der Waals surface area contributed by atoms with Crippen LogP contribution in [0.25, 0.3) is 11.1 Å². The van der Waals surface area contributed by atoms with Crippen LogP contribution in [0.5, 0.6) is 11.5 Å². The van der Waals surface area contributed by atoms with Crippen LogP contribution in [0.2, 0.25) is 0 Å². The third-order valence-electron chi connectivity index (χ3n) is 9.64. The van der Waals surface area contributed by atoms with E-state index in [9.17, 15) is 31.1 Å². The summed E-state index contributed by atoms with van der Waals surface area (Å²) in [6, 6.07) is 7.72. The maximum atomic E-state index is 14.9. The Morgan fingerprint density at radius 2 is 1.22 bits per heavy atom. The van der Waals surface area contributed by atoms with Crippen molar-refractivity contribution in [3.8, 4) is 22.6 Å². The third-order valence-corrected chi connectivity index (χ3v) is 9.64. The number of esters is 1. The van der Waals surface area contributed by atoms with E-state index in [0.29, 0.717) is 36.8 Å². The van der Waals surface area contributed by atoms with Gasteiger partial charge < -0.3 is 9.47 Å². The van der Waals surface area contributed by atoms with Crippen LogP contribution in [0.15, 0.2) is 36.4 Å². The SMILES string of the molecule is CCCCOc1ccc(C2CCC(C3CCC(C(=O)Oc4ccc(-c5ccc(C)c(F)c5F)c(F)c4F)CC3)CC2)c(F)c1F. The lowest BCUT2D eigenvalue weighted by Gasteiger charge is -2.37. The third kappa shape index (κ3) is 7.02. The lowest BCUT2D eigenvalue weighted by molar-refractivity contribution is -0.140. The second kappa shape index (κ2) is 14.3. The van der Waals surface area contributed by atoms with Crippen LogP contribution in [0.3, 0.4) is 0 Å². The number of benzene rings is 3. The number of carbonyl (C=O) groups excluding carboxylic acids is 1. The standard InChI is InChI=1S/C36H38F6O3/c1-3-4-19-44-28-17-15-25(31(38)34(28)41)23-10-6-21(7-11-23)22-8-12-24(13-9-22)36(43)45-29-18-16-27(33(40)35(29)42)26-14-5-20(2)30(37)32(26)39/h5,14-18,21-24H,3-4,6-13,19H2,1-2H3. The van der Waals surface area contributed by atoms with Crippen LogP contribution in [0.1, 0.15) is 88.2 Å². The van der Waals surface area contributed by atoms with Crippen molar-refractivity contribution in [2.75, 3.05) is 6.61 Å². The maximum Gasteiger partial charge on any atom is 0.314 e. The molecule has 0 radical (unpaired) electrons. The quantitative estimate of drug-likeness (QED) is 0.102. The summed E-state index contributed by atoms with van der Waals surface area (Å²) in [7, 11) is 0. The molecule has 0 amide bonds. The summed E-state index contributed by atoms with van der Waals surface area (Å²) in [5, 5.41) is 0. The van der Waals surface area contributed by atoms with Crippen LogP contribution in [0, 0.1) is 59.6 Å². The van der Waals surface area contributed by atoms with Crippen molar-refractivity contribution in [1.82, 2.24) is 0 Å². The van der Waals surface area contributed by atoms with E-state index in [4.69, 9.17) is 9.47 Å². The van der Waals surface area contributed by atoms with Gasteiger partial charge in [-0.05, 0) is 112 Å². The molecule has 0 aromatic heterocycles. The fourth-order valence-electron chi connectivity index (χ4n) is 6.89. The predicted molar refractivity (Wildman–Crippen MR) is 159 cm³/mol. The number of rotatable bonds is 9. The van der Waals surface area contributed by atoms with Gasteiger partial charge in [0.25, 0.3) is 0 Å². The minimum absolute atomic E-state index is 0.0340. The monoisotopic (exact) mass is 632 g/mol. The van der Waals surface area contributed by atoms with Crippen LogP contribution in [-0.4, -0.2) is 12.6 Å². The van der Waals surface area contributed by atoms with E-state index in [2.05, 4.69) is 0 Å². The van der Waals surface area contributed by atoms with E-state index in [0.717, 1.165) is 63.5 Å². The highest BCUT2D eigenvalue weighted by atomic mass is 19.2. The topological polar surface area (TPSA) is 35.5 Å². The van der Waals surface area contributed by atoms with Gasteiger partial charge in [-0.15, -0.1) is 0 Å². The molecule has 0 unspecified atom stereocenters. The smallest absolute Gasteiger partial charge is 0.314 e. The molecule has 2 aliphatic rings. The Labute approximate surface area is 259 Å². The minimum Gasteiger partial charge on any atom is -0.490 e. The zero-order chi connectivity index (χ0) is 32.2. The summed E-state index contributed by atoms with van der Waals surface area (Å²) in [5.41, 5.74) is -0.470. The molecule has 45 heavy (non-hydrogen) atoms. The molecule has 0 saturated heterocycles. The molecule has 0 aliphatic heterocycles. The van der Waals surface area contributed by atoms with Gasteiger partial charge in [0.05, 0.1) is 12.5 Å². The summed E-state index contributed by atoms with van der Waals surface area (Å²) < 4.78 is 98.2. The van der Waals surface area contributed by atoms with E-state index < -0.39 is 63.7 Å².